The van der Waals surface area contributed by atoms with Gasteiger partial charge in [-0.15, -0.1) is 0 Å². The Balaban J connectivity index is 1.93. The van der Waals surface area contributed by atoms with Crippen LogP contribution in [-0.4, -0.2) is 20.3 Å². The van der Waals surface area contributed by atoms with Gasteiger partial charge in [-0.3, -0.25) is 4.79 Å². The van der Waals surface area contributed by atoms with Gasteiger partial charge in [-0.05, 0) is 23.8 Å². The Morgan fingerprint density at radius 2 is 1.91 bits per heavy atom. The molecular weight excluding hydrogens is 310 g/mol. The number of hydrogen-bond acceptors (Lipinski definition) is 5. The Kier molecular flexibility index (Phi) is 4.36. The van der Waals surface area contributed by atoms with E-state index in [2.05, 4.69) is 20.8 Å². The lowest BCUT2D eigenvalue weighted by atomic mass is 10.1. The molecule has 0 atom stereocenters. The lowest BCUT2D eigenvalue weighted by Crippen LogP contribution is -2.19. The first kappa shape index (κ1) is 14.8. The van der Waals surface area contributed by atoms with Crippen molar-refractivity contribution in [2.45, 2.75) is 6.54 Å². The van der Waals surface area contributed by atoms with E-state index in [-0.39, 0.29) is 5.91 Å². The minimum Gasteiger partial charge on any atom is -0.267 e. The summed E-state index contributed by atoms with van der Waals surface area (Å²) in [5.74, 6) is -0.348. The SMILES string of the molecule is N#Cc1ccccc1Cn1nnsc1=NC(=O)c1ccccc1. The molecule has 3 rings (SSSR count). The average molecular weight is 321 g/mol. The topological polar surface area (TPSA) is 83.9 Å². The zero-order valence-corrected chi connectivity index (χ0v) is 12.8. The van der Waals surface area contributed by atoms with Gasteiger partial charge in [-0.2, -0.15) is 10.3 Å². The predicted molar refractivity (Wildman–Crippen MR) is 84.5 cm³/mol. The van der Waals surface area contributed by atoms with Gasteiger partial charge in [0, 0.05) is 17.1 Å². The zero-order chi connectivity index (χ0) is 16.1. The van der Waals surface area contributed by atoms with E-state index in [4.69, 9.17) is 5.26 Å². The molecule has 0 fully saturated rings. The molecular formula is C16H11N5OS. The van der Waals surface area contributed by atoms with Crippen LogP contribution in [0.1, 0.15) is 21.5 Å². The van der Waals surface area contributed by atoms with Crippen LogP contribution >= 0.6 is 11.5 Å². The highest BCUT2D eigenvalue weighted by Crippen LogP contribution is 2.08. The minimum atomic E-state index is -0.348. The van der Waals surface area contributed by atoms with Crippen LogP contribution in [0.4, 0.5) is 0 Å². The number of rotatable bonds is 3. The van der Waals surface area contributed by atoms with Gasteiger partial charge in [-0.25, -0.2) is 4.68 Å². The molecule has 0 aliphatic heterocycles. The largest absolute Gasteiger partial charge is 0.279 e. The van der Waals surface area contributed by atoms with Crippen molar-refractivity contribution >= 4 is 17.4 Å². The van der Waals surface area contributed by atoms with Crippen molar-refractivity contribution < 1.29 is 4.79 Å². The van der Waals surface area contributed by atoms with E-state index in [1.165, 1.54) is 4.68 Å². The Morgan fingerprint density at radius 1 is 1.17 bits per heavy atom. The Labute approximate surface area is 136 Å². The summed E-state index contributed by atoms with van der Waals surface area (Å²) in [5.41, 5.74) is 1.87. The lowest BCUT2D eigenvalue weighted by Gasteiger charge is -2.02. The fourth-order valence-corrected chi connectivity index (χ4v) is 2.54. The van der Waals surface area contributed by atoms with E-state index in [0.717, 1.165) is 17.1 Å². The molecule has 0 unspecified atom stereocenters. The highest BCUT2D eigenvalue weighted by molar-refractivity contribution is 7.02. The third-order valence-electron chi connectivity index (χ3n) is 3.16. The van der Waals surface area contributed by atoms with Gasteiger partial charge in [0.1, 0.15) is 0 Å². The van der Waals surface area contributed by atoms with Crippen LogP contribution < -0.4 is 4.80 Å². The maximum absolute atomic E-state index is 12.2. The Morgan fingerprint density at radius 3 is 2.70 bits per heavy atom. The van der Waals surface area contributed by atoms with E-state index in [9.17, 15) is 4.79 Å². The molecule has 1 heterocycles. The van der Waals surface area contributed by atoms with Gasteiger partial charge < -0.3 is 0 Å². The monoisotopic (exact) mass is 321 g/mol. The summed E-state index contributed by atoms with van der Waals surface area (Å²) < 4.78 is 5.36. The summed E-state index contributed by atoms with van der Waals surface area (Å²) in [7, 11) is 0. The van der Waals surface area contributed by atoms with Crippen molar-refractivity contribution in [3.05, 3.63) is 76.1 Å². The molecule has 0 spiro atoms. The number of nitriles is 1. The molecule has 0 radical (unpaired) electrons. The first-order valence-electron chi connectivity index (χ1n) is 6.79. The van der Waals surface area contributed by atoms with Crippen LogP contribution in [0.15, 0.2) is 59.6 Å². The molecule has 7 heteroatoms. The van der Waals surface area contributed by atoms with Crippen LogP contribution in [0.3, 0.4) is 0 Å². The zero-order valence-electron chi connectivity index (χ0n) is 12.0. The molecule has 3 aromatic rings. The molecule has 112 valence electrons. The molecule has 0 saturated heterocycles. The summed E-state index contributed by atoms with van der Waals surface area (Å²) >= 11 is 1.04. The summed E-state index contributed by atoms with van der Waals surface area (Å²) in [6, 6.07) is 18.2. The lowest BCUT2D eigenvalue weighted by molar-refractivity contribution is 0.0997. The van der Waals surface area contributed by atoms with Gasteiger partial charge in [0.15, 0.2) is 0 Å². The van der Waals surface area contributed by atoms with E-state index < -0.39 is 0 Å². The fraction of sp³-hybridized carbons (Fsp3) is 0.0625. The van der Waals surface area contributed by atoms with Gasteiger partial charge in [-0.1, -0.05) is 46.1 Å². The normalized spacial score (nSPS) is 11.2. The smallest absolute Gasteiger partial charge is 0.267 e. The molecule has 23 heavy (non-hydrogen) atoms. The van der Waals surface area contributed by atoms with Gasteiger partial charge >= 0.3 is 0 Å². The highest BCUT2D eigenvalue weighted by Gasteiger charge is 2.08. The van der Waals surface area contributed by atoms with E-state index >= 15 is 0 Å². The van der Waals surface area contributed by atoms with Crippen molar-refractivity contribution in [3.63, 3.8) is 0 Å². The first-order valence-corrected chi connectivity index (χ1v) is 7.57. The van der Waals surface area contributed by atoms with Crippen molar-refractivity contribution in [2.75, 3.05) is 0 Å². The Hall–Kier alpha value is -3.11. The summed E-state index contributed by atoms with van der Waals surface area (Å²) in [5, 5.41) is 13.1. The molecule has 0 saturated carbocycles. The number of carbonyl (C=O) groups is 1. The van der Waals surface area contributed by atoms with Crippen LogP contribution in [0.25, 0.3) is 0 Å². The van der Waals surface area contributed by atoms with Crippen molar-refractivity contribution in [2.24, 2.45) is 4.99 Å². The number of carbonyl (C=O) groups excluding carboxylic acids is 1. The van der Waals surface area contributed by atoms with Gasteiger partial charge in [0.25, 0.3) is 5.91 Å². The third kappa shape index (κ3) is 3.39. The molecule has 1 aromatic heterocycles. The second-order valence-electron chi connectivity index (χ2n) is 4.65. The number of aromatic nitrogens is 3. The second-order valence-corrected chi connectivity index (χ2v) is 5.37. The van der Waals surface area contributed by atoms with Crippen LogP contribution in [-0.2, 0) is 6.54 Å². The van der Waals surface area contributed by atoms with E-state index in [1.54, 1.807) is 36.4 Å². The van der Waals surface area contributed by atoms with Crippen LogP contribution in [0.2, 0.25) is 0 Å². The van der Waals surface area contributed by atoms with E-state index in [1.807, 2.05) is 18.2 Å². The number of amides is 1. The molecule has 0 N–H and O–H groups in total. The number of benzene rings is 2. The Bertz CT molecular complexity index is 937. The maximum atomic E-state index is 12.2. The molecule has 0 aliphatic rings. The van der Waals surface area contributed by atoms with Crippen molar-refractivity contribution in [1.29, 1.82) is 5.26 Å². The highest BCUT2D eigenvalue weighted by atomic mass is 32.1. The van der Waals surface area contributed by atoms with Crippen LogP contribution in [0.5, 0.6) is 0 Å². The van der Waals surface area contributed by atoms with Gasteiger partial charge in [0.05, 0.1) is 18.2 Å². The summed E-state index contributed by atoms with van der Waals surface area (Å²) in [6.45, 7) is 0.334. The molecule has 1 amide bonds. The minimum absolute atomic E-state index is 0.334. The third-order valence-corrected chi connectivity index (χ3v) is 3.78. The fourth-order valence-electron chi connectivity index (χ4n) is 2.02. The second kappa shape index (κ2) is 6.77. The summed E-state index contributed by atoms with van der Waals surface area (Å²) in [4.78, 5) is 16.6. The van der Waals surface area contributed by atoms with Crippen LogP contribution in [0, 0.1) is 11.3 Å². The summed E-state index contributed by atoms with van der Waals surface area (Å²) in [6.07, 6.45) is 0. The molecule has 2 aromatic carbocycles. The standard InChI is InChI=1S/C16H11N5OS/c17-10-13-8-4-5-9-14(13)11-21-16(23-20-19-21)18-15(22)12-6-2-1-3-7-12/h1-9H,11H2. The van der Waals surface area contributed by atoms with Gasteiger partial charge in [0.2, 0.25) is 4.80 Å². The molecule has 0 bridgehead atoms. The number of nitrogens with zero attached hydrogens (tertiary/aromatic N) is 5. The van der Waals surface area contributed by atoms with E-state index in [0.29, 0.717) is 22.5 Å². The molecule has 6 nitrogen and oxygen atoms in total. The quantitative estimate of drug-likeness (QED) is 0.738. The maximum Gasteiger partial charge on any atom is 0.279 e. The van der Waals surface area contributed by atoms with Crippen molar-refractivity contribution in [1.82, 2.24) is 14.4 Å². The predicted octanol–water partition coefficient (Wildman–Crippen LogP) is 2.00. The van der Waals surface area contributed by atoms with Crippen molar-refractivity contribution in [3.8, 4) is 6.07 Å². The number of hydrogen-bond donors (Lipinski definition) is 0. The molecule has 0 aliphatic carbocycles. The average Bonchev–Trinajstić information content (AvgIpc) is 3.03. The first-order chi connectivity index (χ1) is 11.3.